The van der Waals surface area contributed by atoms with Crippen molar-refractivity contribution in [2.75, 3.05) is 18.5 Å². The fourth-order valence-electron chi connectivity index (χ4n) is 3.73. The highest BCUT2D eigenvalue weighted by Crippen LogP contribution is 2.33. The standard InChI is InChI=1S/C20H34N2O3/c1-7-16-15(19(3,4)13-23)12-17(25-16)21-18(24)20(5,6)22-11-9-8-10-14(22)2/h12,14,23H,7-11,13H2,1-6H3,(H,21,24). The third-order valence-corrected chi connectivity index (χ3v) is 5.57. The summed E-state index contributed by atoms with van der Waals surface area (Å²) in [5, 5.41) is 12.6. The molecule has 1 amide bonds. The summed E-state index contributed by atoms with van der Waals surface area (Å²) in [6.07, 6.45) is 4.22. The molecule has 2 heterocycles. The fourth-order valence-corrected chi connectivity index (χ4v) is 3.73. The molecule has 2 rings (SSSR count). The maximum absolute atomic E-state index is 12.9. The molecule has 0 spiro atoms. The molecule has 0 aromatic carbocycles. The minimum Gasteiger partial charge on any atom is -0.445 e. The molecule has 142 valence electrons. The molecular formula is C20H34N2O3. The molecule has 1 aliphatic heterocycles. The van der Waals surface area contributed by atoms with E-state index in [2.05, 4.69) is 17.1 Å². The number of anilines is 1. The number of nitrogens with zero attached hydrogens (tertiary/aromatic N) is 1. The predicted molar refractivity (Wildman–Crippen MR) is 101 cm³/mol. The van der Waals surface area contributed by atoms with Crippen molar-refractivity contribution in [2.45, 2.75) is 84.2 Å². The van der Waals surface area contributed by atoms with Gasteiger partial charge < -0.3 is 9.52 Å². The number of aryl methyl sites for hydroxylation is 1. The van der Waals surface area contributed by atoms with Gasteiger partial charge >= 0.3 is 0 Å². The number of aliphatic hydroxyl groups excluding tert-OH is 1. The summed E-state index contributed by atoms with van der Waals surface area (Å²) in [4.78, 5) is 15.2. The predicted octanol–water partition coefficient (Wildman–Crippen LogP) is 3.70. The van der Waals surface area contributed by atoms with E-state index in [0.717, 1.165) is 37.1 Å². The first-order valence-electron chi connectivity index (χ1n) is 9.45. The molecule has 2 N–H and O–H groups in total. The highest BCUT2D eigenvalue weighted by Gasteiger charge is 2.39. The van der Waals surface area contributed by atoms with Gasteiger partial charge in [-0.2, -0.15) is 0 Å². The number of nitrogens with one attached hydrogen (secondary N) is 1. The Labute approximate surface area is 151 Å². The summed E-state index contributed by atoms with van der Waals surface area (Å²) in [7, 11) is 0. The monoisotopic (exact) mass is 350 g/mol. The first-order chi connectivity index (χ1) is 11.6. The second-order valence-corrected chi connectivity index (χ2v) is 8.39. The van der Waals surface area contributed by atoms with Crippen LogP contribution in [0.2, 0.25) is 0 Å². The molecular weight excluding hydrogens is 316 g/mol. The van der Waals surface area contributed by atoms with Crippen molar-refractivity contribution in [3.63, 3.8) is 0 Å². The summed E-state index contributed by atoms with van der Waals surface area (Å²) in [6, 6.07) is 2.27. The Bertz CT molecular complexity index is 604. The van der Waals surface area contributed by atoms with E-state index in [-0.39, 0.29) is 12.5 Å². The van der Waals surface area contributed by atoms with Crippen LogP contribution in [0.4, 0.5) is 5.88 Å². The highest BCUT2D eigenvalue weighted by atomic mass is 16.4. The SMILES string of the molecule is CCc1oc(NC(=O)C(C)(C)N2CCCCC2C)cc1C(C)(C)CO. The lowest BCUT2D eigenvalue weighted by Gasteiger charge is -2.43. The van der Waals surface area contributed by atoms with Gasteiger partial charge in [-0.1, -0.05) is 27.2 Å². The number of furan rings is 1. The molecule has 1 fully saturated rings. The zero-order valence-corrected chi connectivity index (χ0v) is 16.6. The van der Waals surface area contributed by atoms with Crippen LogP contribution in [-0.2, 0) is 16.6 Å². The topological polar surface area (TPSA) is 65.7 Å². The van der Waals surface area contributed by atoms with Crippen LogP contribution in [0.25, 0.3) is 0 Å². The molecule has 1 saturated heterocycles. The van der Waals surface area contributed by atoms with Crippen LogP contribution in [-0.4, -0.2) is 40.6 Å². The number of rotatable bonds is 6. The van der Waals surface area contributed by atoms with Crippen molar-refractivity contribution in [1.82, 2.24) is 4.90 Å². The first kappa shape index (κ1) is 20.0. The Morgan fingerprint density at radius 2 is 2.04 bits per heavy atom. The van der Waals surface area contributed by atoms with Crippen LogP contribution in [0.15, 0.2) is 10.5 Å². The number of amides is 1. The van der Waals surface area contributed by atoms with E-state index in [1.54, 1.807) is 0 Å². The van der Waals surface area contributed by atoms with Crippen molar-refractivity contribution >= 4 is 11.8 Å². The number of aliphatic hydroxyl groups is 1. The van der Waals surface area contributed by atoms with Gasteiger partial charge in [-0.05, 0) is 40.2 Å². The van der Waals surface area contributed by atoms with Crippen LogP contribution in [0.5, 0.6) is 0 Å². The van der Waals surface area contributed by atoms with E-state index in [9.17, 15) is 9.90 Å². The molecule has 0 saturated carbocycles. The molecule has 1 atom stereocenters. The molecule has 25 heavy (non-hydrogen) atoms. The smallest absolute Gasteiger partial charge is 0.246 e. The van der Waals surface area contributed by atoms with E-state index in [1.165, 1.54) is 6.42 Å². The summed E-state index contributed by atoms with van der Waals surface area (Å²) in [5.41, 5.74) is -0.0302. The summed E-state index contributed by atoms with van der Waals surface area (Å²) >= 11 is 0. The van der Waals surface area contributed by atoms with Crippen molar-refractivity contribution in [2.24, 2.45) is 0 Å². The Hall–Kier alpha value is -1.33. The van der Waals surface area contributed by atoms with Gasteiger partial charge in [-0.25, -0.2) is 0 Å². The van der Waals surface area contributed by atoms with Crippen LogP contribution in [0.1, 0.15) is 72.1 Å². The van der Waals surface area contributed by atoms with Crippen LogP contribution >= 0.6 is 0 Å². The summed E-state index contributed by atoms with van der Waals surface area (Å²) < 4.78 is 5.87. The Morgan fingerprint density at radius 3 is 2.60 bits per heavy atom. The van der Waals surface area contributed by atoms with Crippen LogP contribution in [0, 0.1) is 0 Å². The molecule has 0 radical (unpaired) electrons. The van der Waals surface area contributed by atoms with Crippen LogP contribution < -0.4 is 5.32 Å². The zero-order valence-electron chi connectivity index (χ0n) is 16.6. The molecule has 0 bridgehead atoms. The van der Waals surface area contributed by atoms with Gasteiger partial charge in [0.1, 0.15) is 5.76 Å². The number of hydrogen-bond acceptors (Lipinski definition) is 4. The third kappa shape index (κ3) is 4.09. The number of piperidine rings is 1. The lowest BCUT2D eigenvalue weighted by atomic mass is 9.85. The molecule has 0 aliphatic carbocycles. The second-order valence-electron chi connectivity index (χ2n) is 8.39. The summed E-state index contributed by atoms with van der Waals surface area (Å²) in [6.45, 7) is 13.1. The van der Waals surface area contributed by atoms with E-state index in [4.69, 9.17) is 4.42 Å². The quantitative estimate of drug-likeness (QED) is 0.821. The van der Waals surface area contributed by atoms with Gasteiger partial charge in [-0.3, -0.25) is 15.0 Å². The normalized spacial score (nSPS) is 19.9. The van der Waals surface area contributed by atoms with E-state index < -0.39 is 11.0 Å². The van der Waals surface area contributed by atoms with Crippen molar-refractivity contribution < 1.29 is 14.3 Å². The van der Waals surface area contributed by atoms with Crippen molar-refractivity contribution in [3.05, 3.63) is 17.4 Å². The number of hydrogen-bond donors (Lipinski definition) is 2. The van der Waals surface area contributed by atoms with Gasteiger partial charge in [0.2, 0.25) is 5.91 Å². The molecule has 5 heteroatoms. The van der Waals surface area contributed by atoms with E-state index in [0.29, 0.717) is 11.9 Å². The number of carbonyl (C=O) groups excluding carboxylic acids is 1. The minimum atomic E-state index is -0.592. The minimum absolute atomic E-state index is 0.0315. The van der Waals surface area contributed by atoms with Gasteiger partial charge in [0.25, 0.3) is 0 Å². The maximum atomic E-state index is 12.9. The lowest BCUT2D eigenvalue weighted by molar-refractivity contribution is -0.128. The highest BCUT2D eigenvalue weighted by molar-refractivity contribution is 5.96. The second kappa shape index (κ2) is 7.50. The molecule has 1 unspecified atom stereocenters. The number of likely N-dealkylation sites (tertiary alicyclic amines) is 1. The van der Waals surface area contributed by atoms with Crippen molar-refractivity contribution in [1.29, 1.82) is 0 Å². The largest absolute Gasteiger partial charge is 0.445 e. The maximum Gasteiger partial charge on any atom is 0.246 e. The van der Waals surface area contributed by atoms with Crippen molar-refractivity contribution in [3.8, 4) is 0 Å². The molecule has 1 aromatic heterocycles. The Balaban J connectivity index is 2.19. The van der Waals surface area contributed by atoms with Gasteiger partial charge in [-0.15, -0.1) is 0 Å². The molecule has 1 aromatic rings. The zero-order chi connectivity index (χ0) is 18.8. The average molecular weight is 351 g/mol. The average Bonchev–Trinajstić information content (AvgIpc) is 2.98. The van der Waals surface area contributed by atoms with Gasteiger partial charge in [0.05, 0.1) is 12.1 Å². The Morgan fingerprint density at radius 1 is 1.36 bits per heavy atom. The lowest BCUT2D eigenvalue weighted by Crippen LogP contribution is -2.57. The molecule has 1 aliphatic rings. The van der Waals surface area contributed by atoms with Gasteiger partial charge in [0.15, 0.2) is 5.88 Å². The molecule has 5 nitrogen and oxygen atoms in total. The fraction of sp³-hybridized carbons (Fsp3) is 0.750. The summed E-state index contributed by atoms with van der Waals surface area (Å²) in [5.74, 6) is 1.24. The van der Waals surface area contributed by atoms with E-state index >= 15 is 0 Å². The Kier molecular flexibility index (Phi) is 6.00. The third-order valence-electron chi connectivity index (χ3n) is 5.57. The first-order valence-corrected chi connectivity index (χ1v) is 9.45. The van der Waals surface area contributed by atoms with E-state index in [1.807, 2.05) is 40.7 Å². The van der Waals surface area contributed by atoms with Crippen LogP contribution in [0.3, 0.4) is 0 Å². The van der Waals surface area contributed by atoms with Gasteiger partial charge in [0, 0.05) is 29.5 Å². The number of carbonyl (C=O) groups is 1.